The molecule has 0 saturated heterocycles. The van der Waals surface area contributed by atoms with E-state index >= 15 is 0 Å². The first kappa shape index (κ1) is 73.9. The molecule has 3 unspecified atom stereocenters. The van der Waals surface area contributed by atoms with Crippen molar-refractivity contribution in [2.45, 2.75) is 277 Å². The molecule has 0 saturated carbocycles. The molecule has 0 rings (SSSR count). The van der Waals surface area contributed by atoms with Gasteiger partial charge in [-0.15, -0.1) is 0 Å². The largest absolute Gasteiger partial charge is 0.472 e. The monoisotopic (exact) mass is 1100 g/mol. The van der Waals surface area contributed by atoms with Crippen LogP contribution in [0.5, 0.6) is 0 Å². The van der Waals surface area contributed by atoms with Crippen LogP contribution in [0.3, 0.4) is 0 Å². The molecular formula is C67H120N2O7P+. The third kappa shape index (κ3) is 57.4. The second-order valence-corrected chi connectivity index (χ2v) is 23.6. The van der Waals surface area contributed by atoms with Crippen molar-refractivity contribution in [1.82, 2.24) is 5.32 Å². The van der Waals surface area contributed by atoms with Crippen LogP contribution in [-0.2, 0) is 27.9 Å². The van der Waals surface area contributed by atoms with Crippen LogP contribution >= 0.6 is 7.82 Å². The number of unbranched alkanes of at least 4 members (excludes halogenated alkanes) is 26. The molecule has 9 nitrogen and oxygen atoms in total. The van der Waals surface area contributed by atoms with Crippen molar-refractivity contribution in [3.8, 4) is 0 Å². The van der Waals surface area contributed by atoms with Gasteiger partial charge in [-0.1, -0.05) is 240 Å². The smallest absolute Gasteiger partial charge is 0.456 e. The molecule has 0 bridgehead atoms. The molecule has 0 fully saturated rings. The minimum absolute atomic E-state index is 0.0289. The summed E-state index contributed by atoms with van der Waals surface area (Å²) in [7, 11) is 1.46. The average molecular weight is 1100 g/mol. The lowest BCUT2D eigenvalue weighted by atomic mass is 10.0. The minimum Gasteiger partial charge on any atom is -0.456 e. The van der Waals surface area contributed by atoms with E-state index in [4.69, 9.17) is 13.8 Å². The summed E-state index contributed by atoms with van der Waals surface area (Å²) < 4.78 is 30.7. The molecule has 0 heterocycles. The van der Waals surface area contributed by atoms with Crippen LogP contribution in [0.25, 0.3) is 0 Å². The second kappa shape index (κ2) is 56.2. The summed E-state index contributed by atoms with van der Waals surface area (Å²) >= 11 is 0. The Hall–Kier alpha value is -3.07. The summed E-state index contributed by atoms with van der Waals surface area (Å²) in [6.45, 7) is 6.84. The van der Waals surface area contributed by atoms with Gasteiger partial charge < -0.3 is 19.4 Å². The molecule has 0 aliphatic carbocycles. The van der Waals surface area contributed by atoms with Gasteiger partial charge in [-0.05, 0) is 109 Å². The van der Waals surface area contributed by atoms with Gasteiger partial charge in [0, 0.05) is 12.8 Å². The Labute approximate surface area is 475 Å². The maximum atomic E-state index is 13.5. The summed E-state index contributed by atoms with van der Waals surface area (Å²) in [4.78, 5) is 37.7. The first-order valence-corrected chi connectivity index (χ1v) is 33.1. The molecule has 10 heteroatoms. The van der Waals surface area contributed by atoms with E-state index in [1.54, 1.807) is 0 Å². The van der Waals surface area contributed by atoms with Crippen LogP contribution in [0, 0.1) is 0 Å². The van der Waals surface area contributed by atoms with Gasteiger partial charge in [-0.3, -0.25) is 18.6 Å². The Balaban J connectivity index is 5.25. The zero-order chi connectivity index (χ0) is 56.4. The first-order chi connectivity index (χ1) is 37.4. The SMILES string of the molecule is CC/C=C/C/C=C/C/C=C/C/C=C/CCCCCC(=O)NC(COP(=O)(O)OCC[N+](C)(C)C)C(/C=C\CCCCCCCCCCCC)OC(=O)CCCCCCCCCCCC/C=C\C/C=C\C/C=C\CCCCC. The lowest BCUT2D eigenvalue weighted by Crippen LogP contribution is -2.47. The molecule has 1 amide bonds. The fraction of sp³-hybridized carbons (Fsp3) is 0.731. The van der Waals surface area contributed by atoms with Crippen LogP contribution in [0.4, 0.5) is 0 Å². The minimum atomic E-state index is -4.46. The van der Waals surface area contributed by atoms with E-state index in [0.29, 0.717) is 17.4 Å². The van der Waals surface area contributed by atoms with Crippen molar-refractivity contribution in [3.63, 3.8) is 0 Å². The molecule has 444 valence electrons. The number of phosphoric ester groups is 1. The number of rotatable bonds is 56. The van der Waals surface area contributed by atoms with Crippen LogP contribution in [-0.4, -0.2) is 74.3 Å². The Morgan fingerprint density at radius 1 is 0.468 bits per heavy atom. The van der Waals surface area contributed by atoms with Crippen molar-refractivity contribution in [3.05, 3.63) is 97.2 Å². The summed E-state index contributed by atoms with van der Waals surface area (Å²) in [5, 5.41) is 3.04. The lowest BCUT2D eigenvalue weighted by Gasteiger charge is -2.27. The average Bonchev–Trinajstić information content (AvgIpc) is 3.39. The third-order valence-electron chi connectivity index (χ3n) is 13.5. The highest BCUT2D eigenvalue weighted by molar-refractivity contribution is 7.47. The molecule has 3 atom stereocenters. The highest BCUT2D eigenvalue weighted by Gasteiger charge is 2.30. The van der Waals surface area contributed by atoms with E-state index in [1.165, 1.54) is 122 Å². The molecule has 0 aromatic rings. The van der Waals surface area contributed by atoms with Crippen LogP contribution in [0.15, 0.2) is 97.2 Å². The highest BCUT2D eigenvalue weighted by Crippen LogP contribution is 2.43. The lowest BCUT2D eigenvalue weighted by molar-refractivity contribution is -0.870. The number of amides is 1. The van der Waals surface area contributed by atoms with Crippen molar-refractivity contribution < 1.29 is 37.3 Å². The number of hydrogen-bond acceptors (Lipinski definition) is 6. The molecule has 0 radical (unpaired) electrons. The molecule has 0 spiro atoms. The van der Waals surface area contributed by atoms with Gasteiger partial charge in [0.1, 0.15) is 19.3 Å². The van der Waals surface area contributed by atoms with E-state index in [2.05, 4.69) is 111 Å². The van der Waals surface area contributed by atoms with Crippen LogP contribution in [0.1, 0.15) is 265 Å². The van der Waals surface area contributed by atoms with Gasteiger partial charge in [0.25, 0.3) is 0 Å². The number of quaternary nitrogens is 1. The maximum Gasteiger partial charge on any atom is 0.472 e. The van der Waals surface area contributed by atoms with Crippen molar-refractivity contribution in [2.75, 3.05) is 40.9 Å². The van der Waals surface area contributed by atoms with E-state index in [1.807, 2.05) is 33.3 Å². The molecule has 0 aromatic heterocycles. The van der Waals surface area contributed by atoms with Gasteiger partial charge in [-0.2, -0.15) is 0 Å². The van der Waals surface area contributed by atoms with Crippen LogP contribution in [0.2, 0.25) is 0 Å². The van der Waals surface area contributed by atoms with Gasteiger partial charge in [-0.25, -0.2) is 4.57 Å². The van der Waals surface area contributed by atoms with E-state index in [-0.39, 0.29) is 37.9 Å². The number of carbonyl (C=O) groups excluding carboxylic acids is 2. The number of phosphoric acid groups is 1. The number of nitrogens with zero attached hydrogens (tertiary/aromatic N) is 1. The van der Waals surface area contributed by atoms with E-state index in [0.717, 1.165) is 103 Å². The molecule has 0 aliphatic heterocycles. The summed E-state index contributed by atoms with van der Waals surface area (Å²) in [6.07, 6.45) is 75.5. The zero-order valence-electron chi connectivity index (χ0n) is 50.7. The molecular weight excluding hydrogens is 976 g/mol. The van der Waals surface area contributed by atoms with Gasteiger partial charge in [0.05, 0.1) is 33.8 Å². The second-order valence-electron chi connectivity index (χ2n) is 22.2. The highest BCUT2D eigenvalue weighted by atomic mass is 31.2. The number of esters is 1. The summed E-state index contributed by atoms with van der Waals surface area (Å²) in [5.74, 6) is -0.548. The van der Waals surface area contributed by atoms with Gasteiger partial charge in [0.15, 0.2) is 0 Å². The Kier molecular flexibility index (Phi) is 54.0. The number of carbonyl (C=O) groups is 2. The number of ether oxygens (including phenoxy) is 1. The number of hydrogen-bond donors (Lipinski definition) is 2. The summed E-state index contributed by atoms with van der Waals surface area (Å²) in [5.41, 5.74) is 0. The predicted molar refractivity (Wildman–Crippen MR) is 332 cm³/mol. The molecule has 0 aliphatic rings. The fourth-order valence-electron chi connectivity index (χ4n) is 8.64. The quantitative estimate of drug-likeness (QED) is 0.0205. The zero-order valence-corrected chi connectivity index (χ0v) is 51.6. The van der Waals surface area contributed by atoms with Crippen LogP contribution < -0.4 is 5.32 Å². The number of allylic oxidation sites excluding steroid dienone is 15. The van der Waals surface area contributed by atoms with Gasteiger partial charge in [0.2, 0.25) is 5.91 Å². The molecule has 77 heavy (non-hydrogen) atoms. The topological polar surface area (TPSA) is 111 Å². The number of nitrogens with one attached hydrogen (secondary N) is 1. The molecule has 0 aromatic carbocycles. The molecule has 2 N–H and O–H groups in total. The first-order valence-electron chi connectivity index (χ1n) is 31.6. The van der Waals surface area contributed by atoms with E-state index < -0.39 is 20.0 Å². The third-order valence-corrected chi connectivity index (χ3v) is 14.5. The van der Waals surface area contributed by atoms with Crippen molar-refractivity contribution in [2.24, 2.45) is 0 Å². The summed E-state index contributed by atoms with van der Waals surface area (Å²) in [6, 6.07) is -0.872. The van der Waals surface area contributed by atoms with Crippen molar-refractivity contribution in [1.29, 1.82) is 0 Å². The Bertz CT molecular complexity index is 1640. The fourth-order valence-corrected chi connectivity index (χ4v) is 9.38. The Morgan fingerprint density at radius 3 is 1.29 bits per heavy atom. The normalized spacial score (nSPS) is 14.3. The van der Waals surface area contributed by atoms with Crippen molar-refractivity contribution >= 4 is 19.7 Å². The Morgan fingerprint density at radius 2 is 0.831 bits per heavy atom. The van der Waals surface area contributed by atoms with Gasteiger partial charge >= 0.3 is 13.8 Å². The number of likely N-dealkylation sites (N-methyl/N-ethyl adjacent to an activating group) is 1. The maximum absolute atomic E-state index is 13.5. The standard InChI is InChI=1S/C67H119N2O7P/c1-7-10-13-16-19-22-25-28-30-32-33-34-35-36-37-38-40-42-45-48-51-54-57-60-67(71)76-65(58-55-52-49-46-43-27-24-21-18-15-12-9-3)64(63-75-77(72,73)74-62-61-69(4,5)6)68-66(70)59-56-53-50-47-44-41-39-31-29-26-23-20-17-14-11-8-2/h11,14,19-20,22-23,28-31,33-34,41,44,55,58,64-65H,7-10,12-13,15-18,21,24-27,32,35-40,42-43,45-54,56-57,59-63H2,1-6H3,(H-,68,70,72,73)/p+1/b14-11+,22-19-,23-20+,30-28-,31-29+,34-33-,44-41+,58-55-. The predicted octanol–water partition coefficient (Wildman–Crippen LogP) is 19.6. The van der Waals surface area contributed by atoms with E-state index in [9.17, 15) is 19.0 Å².